The van der Waals surface area contributed by atoms with Crippen LogP contribution in [0.1, 0.15) is 18.9 Å². The molecule has 0 spiro atoms. The summed E-state index contributed by atoms with van der Waals surface area (Å²) in [5, 5.41) is 1.50. The molecule has 1 unspecified atom stereocenters. The number of hydrogen-bond acceptors (Lipinski definition) is 5. The first kappa shape index (κ1) is 17.5. The fourth-order valence-electron chi connectivity index (χ4n) is 1.77. The first-order chi connectivity index (χ1) is 9.79. The molecule has 118 valence electrons. The first-order valence-electron chi connectivity index (χ1n) is 6.66. The van der Waals surface area contributed by atoms with E-state index in [1.165, 1.54) is 14.0 Å². The third kappa shape index (κ3) is 4.71. The molecule has 6 nitrogen and oxygen atoms in total. The summed E-state index contributed by atoms with van der Waals surface area (Å²) >= 11 is 0. The molecule has 1 aromatic carbocycles. The van der Waals surface area contributed by atoms with Gasteiger partial charge in [0, 0.05) is 25.1 Å². The van der Waals surface area contributed by atoms with Crippen molar-refractivity contribution < 1.29 is 17.9 Å². The lowest BCUT2D eigenvalue weighted by atomic mass is 10.1. The van der Waals surface area contributed by atoms with E-state index in [1.54, 1.807) is 25.1 Å². The summed E-state index contributed by atoms with van der Waals surface area (Å²) in [6, 6.07) is 5.11. The molecule has 0 aromatic heterocycles. The zero-order chi connectivity index (χ0) is 16.0. The van der Waals surface area contributed by atoms with E-state index in [-0.39, 0.29) is 5.75 Å². The Hall–Kier alpha value is -1.60. The minimum atomic E-state index is -3.50. The molecule has 0 heterocycles. The predicted molar refractivity (Wildman–Crippen MR) is 84.0 cm³/mol. The number of hydrogen-bond donors (Lipinski definition) is 2. The lowest BCUT2D eigenvalue weighted by molar-refractivity contribution is -0.115. The average Bonchev–Trinajstić information content (AvgIpc) is 2.43. The van der Waals surface area contributed by atoms with Gasteiger partial charge in [-0.1, -0.05) is 6.07 Å². The van der Waals surface area contributed by atoms with E-state index in [2.05, 4.69) is 5.32 Å². The van der Waals surface area contributed by atoms with E-state index in [9.17, 15) is 13.2 Å². The highest BCUT2D eigenvalue weighted by Gasteiger charge is 2.27. The molecule has 0 bridgehead atoms. The van der Waals surface area contributed by atoms with Crippen molar-refractivity contribution in [1.82, 2.24) is 0 Å². The molecular weight excluding hydrogens is 292 g/mol. The van der Waals surface area contributed by atoms with Gasteiger partial charge in [0.1, 0.15) is 5.25 Å². The molecule has 1 atom stereocenters. The molecule has 3 N–H and O–H groups in total. The van der Waals surface area contributed by atoms with Crippen LogP contribution in [-0.4, -0.2) is 39.0 Å². The number of benzene rings is 1. The maximum Gasteiger partial charge on any atom is 0.242 e. The van der Waals surface area contributed by atoms with Gasteiger partial charge in [0.05, 0.1) is 5.75 Å². The smallest absolute Gasteiger partial charge is 0.242 e. The number of nitrogens with one attached hydrogen (secondary N) is 1. The van der Waals surface area contributed by atoms with Crippen LogP contribution in [0.15, 0.2) is 18.2 Å². The van der Waals surface area contributed by atoms with Gasteiger partial charge in [-0.05, 0) is 38.0 Å². The van der Waals surface area contributed by atoms with Gasteiger partial charge in [-0.3, -0.25) is 4.79 Å². The molecule has 0 aliphatic carbocycles. The van der Waals surface area contributed by atoms with Gasteiger partial charge in [0.25, 0.3) is 0 Å². The SMILES string of the molecule is COCCCS(=O)(=O)C(C)C(=O)Nc1cccc(N)c1C. The van der Waals surface area contributed by atoms with Crippen molar-refractivity contribution in [2.24, 2.45) is 0 Å². The molecule has 0 saturated heterocycles. The summed E-state index contributed by atoms with van der Waals surface area (Å²) in [6.07, 6.45) is 0.369. The number of carbonyl (C=O) groups is 1. The predicted octanol–water partition coefficient (Wildman–Crippen LogP) is 1.36. The summed E-state index contributed by atoms with van der Waals surface area (Å²) in [6.45, 7) is 3.50. The molecule has 1 aromatic rings. The van der Waals surface area contributed by atoms with Crippen LogP contribution in [0, 0.1) is 6.92 Å². The van der Waals surface area contributed by atoms with Gasteiger partial charge in [-0.25, -0.2) is 8.42 Å². The number of nitrogens with two attached hydrogens (primary N) is 1. The van der Waals surface area contributed by atoms with Crippen LogP contribution in [0.25, 0.3) is 0 Å². The lowest BCUT2D eigenvalue weighted by Gasteiger charge is -2.15. The number of methoxy groups -OCH3 is 1. The van der Waals surface area contributed by atoms with Crippen molar-refractivity contribution in [2.75, 3.05) is 30.5 Å². The highest BCUT2D eigenvalue weighted by atomic mass is 32.2. The number of rotatable bonds is 7. The fraction of sp³-hybridized carbons (Fsp3) is 0.500. The second-order valence-electron chi connectivity index (χ2n) is 4.86. The lowest BCUT2D eigenvalue weighted by Crippen LogP contribution is -2.34. The van der Waals surface area contributed by atoms with Gasteiger partial charge in [0.2, 0.25) is 5.91 Å². The molecule has 21 heavy (non-hydrogen) atoms. The average molecular weight is 314 g/mol. The maximum absolute atomic E-state index is 12.1. The normalized spacial score (nSPS) is 12.9. The summed E-state index contributed by atoms with van der Waals surface area (Å²) in [4.78, 5) is 12.1. The molecule has 1 rings (SSSR count). The second-order valence-corrected chi connectivity index (χ2v) is 7.31. The molecular formula is C14H22N2O4S. The Morgan fingerprint density at radius 1 is 1.43 bits per heavy atom. The largest absolute Gasteiger partial charge is 0.398 e. The highest BCUT2D eigenvalue weighted by molar-refractivity contribution is 7.92. The number of sulfone groups is 1. The van der Waals surface area contributed by atoms with E-state index >= 15 is 0 Å². The summed E-state index contributed by atoms with van der Waals surface area (Å²) in [5.74, 6) is -0.633. The van der Waals surface area contributed by atoms with Crippen molar-refractivity contribution in [2.45, 2.75) is 25.5 Å². The van der Waals surface area contributed by atoms with Crippen molar-refractivity contribution in [3.8, 4) is 0 Å². The second kappa shape index (κ2) is 7.42. The molecule has 0 saturated carbocycles. The summed E-state index contributed by atoms with van der Waals surface area (Å²) in [5.41, 5.74) is 7.54. The van der Waals surface area contributed by atoms with Crippen LogP contribution >= 0.6 is 0 Å². The maximum atomic E-state index is 12.1. The Kier molecular flexibility index (Phi) is 6.17. The molecule has 1 amide bonds. The van der Waals surface area contributed by atoms with Crippen molar-refractivity contribution in [3.05, 3.63) is 23.8 Å². The van der Waals surface area contributed by atoms with Crippen LogP contribution in [-0.2, 0) is 19.4 Å². The Bertz CT molecular complexity index is 599. The summed E-state index contributed by atoms with van der Waals surface area (Å²) in [7, 11) is -1.99. The topological polar surface area (TPSA) is 98.5 Å². The first-order valence-corrected chi connectivity index (χ1v) is 8.37. The number of ether oxygens (including phenoxy) is 1. The molecule has 7 heteroatoms. The molecule has 0 aliphatic rings. The van der Waals surface area contributed by atoms with Gasteiger partial charge < -0.3 is 15.8 Å². The van der Waals surface area contributed by atoms with Gasteiger partial charge in [-0.2, -0.15) is 0 Å². The van der Waals surface area contributed by atoms with Crippen molar-refractivity contribution in [3.63, 3.8) is 0 Å². The standard InChI is InChI=1S/C14H22N2O4S/c1-10-12(15)6-4-7-13(10)16-14(17)11(2)21(18,19)9-5-8-20-3/h4,6-7,11H,5,8-9,15H2,1-3H3,(H,16,17). The van der Waals surface area contributed by atoms with E-state index in [4.69, 9.17) is 10.5 Å². The van der Waals surface area contributed by atoms with Gasteiger partial charge in [-0.15, -0.1) is 0 Å². The highest BCUT2D eigenvalue weighted by Crippen LogP contribution is 2.21. The Balaban J connectivity index is 2.76. The van der Waals surface area contributed by atoms with Crippen LogP contribution in [0.2, 0.25) is 0 Å². The Morgan fingerprint density at radius 2 is 2.10 bits per heavy atom. The monoisotopic (exact) mass is 314 g/mol. The zero-order valence-electron chi connectivity index (χ0n) is 12.5. The van der Waals surface area contributed by atoms with Crippen LogP contribution in [0.3, 0.4) is 0 Å². The third-order valence-corrected chi connectivity index (χ3v) is 5.47. The number of anilines is 2. The number of amides is 1. The Labute approximate surface area is 125 Å². The number of carbonyl (C=O) groups excluding carboxylic acids is 1. The van der Waals surface area contributed by atoms with E-state index < -0.39 is 21.0 Å². The zero-order valence-corrected chi connectivity index (χ0v) is 13.4. The van der Waals surface area contributed by atoms with Gasteiger partial charge >= 0.3 is 0 Å². The fourth-order valence-corrected chi connectivity index (χ4v) is 3.03. The van der Waals surface area contributed by atoms with Crippen LogP contribution in [0.5, 0.6) is 0 Å². The third-order valence-electron chi connectivity index (χ3n) is 3.32. The van der Waals surface area contributed by atoms with Gasteiger partial charge in [0.15, 0.2) is 9.84 Å². The molecule has 0 fully saturated rings. The van der Waals surface area contributed by atoms with Crippen LogP contribution < -0.4 is 11.1 Å². The van der Waals surface area contributed by atoms with Crippen molar-refractivity contribution in [1.29, 1.82) is 0 Å². The minimum Gasteiger partial charge on any atom is -0.398 e. The minimum absolute atomic E-state index is 0.0780. The van der Waals surface area contributed by atoms with Crippen LogP contribution in [0.4, 0.5) is 11.4 Å². The van der Waals surface area contributed by atoms with E-state index in [1.807, 2.05) is 0 Å². The number of nitrogen functional groups attached to an aromatic ring is 1. The Morgan fingerprint density at radius 3 is 2.71 bits per heavy atom. The quantitative estimate of drug-likeness (QED) is 0.585. The molecule has 0 aliphatic heterocycles. The van der Waals surface area contributed by atoms with E-state index in [0.29, 0.717) is 24.4 Å². The van der Waals surface area contributed by atoms with E-state index in [0.717, 1.165) is 5.56 Å². The molecule has 0 radical (unpaired) electrons. The van der Waals surface area contributed by atoms with Crippen molar-refractivity contribution >= 4 is 27.1 Å². The summed E-state index contributed by atoms with van der Waals surface area (Å²) < 4.78 is 28.9.